The van der Waals surface area contributed by atoms with Crippen LogP contribution in [0.15, 0.2) is 0 Å². The summed E-state index contributed by atoms with van der Waals surface area (Å²) in [6, 6.07) is 0. The van der Waals surface area contributed by atoms with Gasteiger partial charge in [-0.05, 0) is 23.2 Å². The van der Waals surface area contributed by atoms with Crippen LogP contribution in [0.1, 0.15) is 0 Å². The van der Waals surface area contributed by atoms with Crippen LogP contribution in [0.5, 0.6) is 0 Å². The highest BCUT2D eigenvalue weighted by Gasteiger charge is 2.95. The lowest BCUT2D eigenvalue weighted by molar-refractivity contribution is -0.109. The number of epoxide rings is 1. The molecule has 0 aliphatic carbocycles. The van der Waals surface area contributed by atoms with Crippen molar-refractivity contribution in [3.8, 4) is 0 Å². The number of halogens is 8. The summed E-state index contributed by atoms with van der Waals surface area (Å²) in [4.78, 5) is 0. The van der Waals surface area contributed by atoms with Gasteiger partial charge in [0.25, 0.3) is 0 Å². The first kappa shape index (κ1) is 11.2. The molecule has 0 N–H and O–H groups in total. The Morgan fingerprint density at radius 2 is 1.15 bits per heavy atom. The van der Waals surface area contributed by atoms with Crippen molar-refractivity contribution < 1.29 is 31.1 Å². The van der Waals surface area contributed by atoms with Gasteiger partial charge in [-0.15, -0.1) is 0 Å². The normalized spacial score (nSPS) is 25.8. The van der Waals surface area contributed by atoms with Crippen LogP contribution in [-0.4, -0.2) is 22.5 Å². The minimum absolute atomic E-state index is 2.92. The van der Waals surface area contributed by atoms with Gasteiger partial charge >= 0.3 is 22.5 Å². The molecule has 0 aromatic carbocycles. The quantitative estimate of drug-likeness (QED) is 0.416. The second-order valence-corrected chi connectivity index (χ2v) is 3.24. The average Bonchev–Trinajstić information content (AvgIpc) is 2.30. The van der Waals surface area contributed by atoms with E-state index in [1.54, 1.807) is 0 Å². The molecule has 1 fully saturated rings. The van der Waals surface area contributed by atoms with Crippen molar-refractivity contribution in [3.63, 3.8) is 0 Å². The fourth-order valence-electron chi connectivity index (χ4n) is 0.773. The molecule has 0 atom stereocenters. The van der Waals surface area contributed by atoms with Crippen molar-refractivity contribution in [1.29, 1.82) is 0 Å². The molecule has 0 bridgehead atoms. The van der Waals surface area contributed by atoms with E-state index < -0.39 is 22.5 Å². The smallest absolute Gasteiger partial charge is 0.287 e. The van der Waals surface area contributed by atoms with Gasteiger partial charge in [0.15, 0.2) is 0 Å². The molecule has 0 saturated carbocycles. The first-order valence-electron chi connectivity index (χ1n) is 2.67. The predicted molar refractivity (Wildman–Crippen MR) is 30.4 cm³/mol. The van der Waals surface area contributed by atoms with E-state index >= 15 is 0 Å². The minimum atomic E-state index is -4.96. The fraction of sp³-hybridized carbons (Fsp3) is 1.00. The van der Waals surface area contributed by atoms with Crippen LogP contribution in [-0.2, 0) is 4.74 Å². The summed E-state index contributed by atoms with van der Waals surface area (Å²) in [5.41, 5.74) is -4.45. The summed E-state index contributed by atoms with van der Waals surface area (Å²) in [6.07, 6.45) is -4.73. The van der Waals surface area contributed by atoms with Crippen LogP contribution in [0, 0.1) is 0 Å². The number of hydrogen-bond donors (Lipinski definition) is 0. The van der Waals surface area contributed by atoms with Crippen LogP contribution >= 0.6 is 23.2 Å². The second-order valence-electron chi connectivity index (χ2n) is 2.30. The Labute approximate surface area is 77.5 Å². The first-order valence-corrected chi connectivity index (χ1v) is 3.43. The molecular formula is C4Cl2F6O. The number of ether oxygens (including phenoxy) is 1. The van der Waals surface area contributed by atoms with Gasteiger partial charge in [-0.25, -0.2) is 0 Å². The van der Waals surface area contributed by atoms with Crippen LogP contribution < -0.4 is 0 Å². The molecule has 13 heavy (non-hydrogen) atoms. The Morgan fingerprint density at radius 1 is 0.923 bits per heavy atom. The van der Waals surface area contributed by atoms with Gasteiger partial charge in [0.05, 0.1) is 0 Å². The zero-order valence-electron chi connectivity index (χ0n) is 5.43. The minimum Gasteiger partial charge on any atom is -0.287 e. The third kappa shape index (κ3) is 1.28. The summed E-state index contributed by atoms with van der Waals surface area (Å²) in [5.74, 6) is 0. The molecule has 0 aromatic heterocycles. The van der Waals surface area contributed by atoms with E-state index in [1.807, 2.05) is 0 Å². The second kappa shape index (κ2) is 2.38. The van der Waals surface area contributed by atoms with Gasteiger partial charge in [-0.2, -0.15) is 26.3 Å². The lowest BCUT2D eigenvalue weighted by Crippen LogP contribution is -2.48. The van der Waals surface area contributed by atoms with Crippen molar-refractivity contribution >= 4 is 23.2 Å². The van der Waals surface area contributed by atoms with Crippen molar-refractivity contribution in [1.82, 2.24) is 0 Å². The topological polar surface area (TPSA) is 12.5 Å². The Bertz CT molecular complexity index is 216. The molecule has 1 nitrogen and oxygen atoms in total. The molecule has 0 unspecified atom stereocenters. The summed E-state index contributed by atoms with van der Waals surface area (Å²) >= 11 is 8.11. The molecular weight excluding hydrogens is 249 g/mol. The average molecular weight is 249 g/mol. The molecule has 0 amide bonds. The van der Waals surface area contributed by atoms with Gasteiger partial charge in [-0.1, -0.05) is 0 Å². The third-order valence-electron chi connectivity index (χ3n) is 1.45. The molecule has 1 aliphatic rings. The Morgan fingerprint density at radius 3 is 1.15 bits per heavy atom. The molecule has 1 saturated heterocycles. The Balaban J connectivity index is 3.10. The molecule has 0 radical (unpaired) electrons. The van der Waals surface area contributed by atoms with E-state index in [0.29, 0.717) is 0 Å². The molecule has 0 aromatic rings. The first-order chi connectivity index (χ1) is 5.46. The fourth-order valence-corrected chi connectivity index (χ4v) is 1.36. The largest absolute Gasteiger partial charge is 0.401 e. The molecule has 0 spiro atoms. The van der Waals surface area contributed by atoms with Crippen molar-refractivity contribution in [3.05, 3.63) is 0 Å². The van der Waals surface area contributed by atoms with Gasteiger partial charge < -0.3 is 0 Å². The van der Waals surface area contributed by atoms with Crippen LogP contribution in [0.2, 0.25) is 0 Å². The van der Waals surface area contributed by atoms with E-state index in [-0.39, 0.29) is 0 Å². The van der Waals surface area contributed by atoms with Crippen LogP contribution in [0.25, 0.3) is 0 Å². The number of alkyl halides is 8. The summed E-state index contributed by atoms with van der Waals surface area (Å²) in [5, 5.41) is -9.91. The van der Waals surface area contributed by atoms with E-state index in [9.17, 15) is 26.3 Å². The van der Waals surface area contributed by atoms with Crippen molar-refractivity contribution in [2.24, 2.45) is 0 Å². The highest BCUT2D eigenvalue weighted by atomic mass is 35.5. The standard InChI is InChI=1S/C4Cl2F6O/c5-2(7,8)1(3(6,9)10)4(11,12)13-1. The van der Waals surface area contributed by atoms with Crippen molar-refractivity contribution in [2.45, 2.75) is 22.5 Å². The monoisotopic (exact) mass is 248 g/mol. The Kier molecular flexibility index (Phi) is 2.05. The summed E-state index contributed by atoms with van der Waals surface area (Å²) in [7, 11) is 0. The maximum absolute atomic E-state index is 12.2. The molecule has 78 valence electrons. The van der Waals surface area contributed by atoms with E-state index in [1.165, 1.54) is 0 Å². The van der Waals surface area contributed by atoms with E-state index in [2.05, 4.69) is 27.9 Å². The SMILES string of the molecule is FC(F)(Cl)C1(C(F)(F)Cl)OC1(F)F. The lowest BCUT2D eigenvalue weighted by atomic mass is 10.1. The van der Waals surface area contributed by atoms with Crippen molar-refractivity contribution in [2.75, 3.05) is 0 Å². The highest BCUT2D eigenvalue weighted by molar-refractivity contribution is 6.27. The molecule has 1 rings (SSSR count). The highest BCUT2D eigenvalue weighted by Crippen LogP contribution is 2.67. The van der Waals surface area contributed by atoms with E-state index in [4.69, 9.17) is 0 Å². The zero-order valence-corrected chi connectivity index (χ0v) is 6.94. The van der Waals surface area contributed by atoms with E-state index in [0.717, 1.165) is 0 Å². The summed E-state index contributed by atoms with van der Waals surface area (Å²) in [6.45, 7) is 0. The molecule has 9 heteroatoms. The zero-order chi connectivity index (χ0) is 10.7. The summed E-state index contributed by atoms with van der Waals surface area (Å²) < 4.78 is 75.7. The van der Waals surface area contributed by atoms with Gasteiger partial charge in [0.1, 0.15) is 0 Å². The van der Waals surface area contributed by atoms with Gasteiger partial charge in [0.2, 0.25) is 0 Å². The number of hydrogen-bond acceptors (Lipinski definition) is 1. The van der Waals surface area contributed by atoms with Gasteiger partial charge in [0, 0.05) is 0 Å². The molecule has 1 heterocycles. The predicted octanol–water partition coefficient (Wildman–Crippen LogP) is 3.01. The molecule has 1 aliphatic heterocycles. The number of rotatable bonds is 2. The maximum Gasteiger partial charge on any atom is 0.401 e. The Hall–Kier alpha value is 0.120. The lowest BCUT2D eigenvalue weighted by Gasteiger charge is -2.20. The van der Waals surface area contributed by atoms with Crippen LogP contribution in [0.4, 0.5) is 26.3 Å². The van der Waals surface area contributed by atoms with Crippen LogP contribution in [0.3, 0.4) is 0 Å². The third-order valence-corrected chi connectivity index (χ3v) is 1.98. The maximum atomic E-state index is 12.2. The van der Waals surface area contributed by atoms with Gasteiger partial charge in [-0.3, -0.25) is 4.74 Å².